The molecule has 1 aliphatic rings. The number of aromatic nitrogens is 1. The Bertz CT molecular complexity index is 916. The van der Waals surface area contributed by atoms with Crippen LogP contribution < -0.4 is 5.56 Å². The Morgan fingerprint density at radius 1 is 1.43 bits per heavy atom. The van der Waals surface area contributed by atoms with E-state index in [-0.39, 0.29) is 18.3 Å². The summed E-state index contributed by atoms with van der Waals surface area (Å²) in [6.45, 7) is -0.129. The zero-order valence-corrected chi connectivity index (χ0v) is 12.7. The molecule has 0 aliphatic heterocycles. The largest absolute Gasteiger partial charge is 0.392 e. The number of aliphatic hydroxyl groups excluding tert-OH is 1. The van der Waals surface area contributed by atoms with E-state index in [1.54, 1.807) is 31.5 Å². The first-order chi connectivity index (χ1) is 11.2. The number of fused-ring (bicyclic) bond motifs is 1. The molecule has 0 radical (unpaired) electrons. The summed E-state index contributed by atoms with van der Waals surface area (Å²) in [6.07, 6.45) is 7.89. The Morgan fingerprint density at radius 2 is 2.26 bits per heavy atom. The quantitative estimate of drug-likeness (QED) is 0.943. The van der Waals surface area contributed by atoms with Crippen LogP contribution in [0.25, 0.3) is 16.5 Å². The second-order valence-electron chi connectivity index (χ2n) is 5.37. The van der Waals surface area contributed by atoms with E-state index >= 15 is 0 Å². The smallest absolute Gasteiger partial charge is 0.263 e. The highest BCUT2D eigenvalue weighted by molar-refractivity contribution is 5.88. The summed E-state index contributed by atoms with van der Waals surface area (Å²) in [5, 5.41) is 19.7. The fourth-order valence-corrected chi connectivity index (χ4v) is 2.71. The zero-order chi connectivity index (χ0) is 16.4. The monoisotopic (exact) mass is 308 g/mol. The van der Waals surface area contributed by atoms with Crippen molar-refractivity contribution < 1.29 is 9.84 Å². The van der Waals surface area contributed by atoms with E-state index in [2.05, 4.69) is 6.07 Å². The van der Waals surface area contributed by atoms with Crippen molar-refractivity contribution in [2.45, 2.75) is 19.1 Å². The summed E-state index contributed by atoms with van der Waals surface area (Å²) in [7, 11) is 1.64. The van der Waals surface area contributed by atoms with Crippen LogP contribution in [0.1, 0.15) is 17.5 Å². The van der Waals surface area contributed by atoms with Crippen molar-refractivity contribution in [2.24, 2.45) is 0 Å². The fourth-order valence-electron chi connectivity index (χ4n) is 2.71. The number of nitrogens with zero attached hydrogens (tertiary/aromatic N) is 2. The van der Waals surface area contributed by atoms with E-state index < -0.39 is 0 Å². The number of pyridine rings is 1. The van der Waals surface area contributed by atoms with Gasteiger partial charge in [-0.05, 0) is 30.2 Å². The molecule has 1 aromatic heterocycles. The van der Waals surface area contributed by atoms with Crippen LogP contribution in [0.2, 0.25) is 0 Å². The Kier molecular flexibility index (Phi) is 4.11. The van der Waals surface area contributed by atoms with E-state index in [0.717, 1.165) is 5.70 Å². The van der Waals surface area contributed by atoms with Crippen LogP contribution in [0.15, 0.2) is 47.4 Å². The number of benzene rings is 1. The average Bonchev–Trinajstić information content (AvgIpc) is 2.62. The first kappa shape index (κ1) is 15.2. The highest BCUT2D eigenvalue weighted by atomic mass is 16.5. The summed E-state index contributed by atoms with van der Waals surface area (Å²) < 4.78 is 6.74. The van der Waals surface area contributed by atoms with Crippen LogP contribution in [0.3, 0.4) is 0 Å². The van der Waals surface area contributed by atoms with E-state index in [4.69, 9.17) is 4.74 Å². The number of ether oxygens (including phenoxy) is 1. The molecule has 5 nitrogen and oxygen atoms in total. The Morgan fingerprint density at radius 3 is 2.87 bits per heavy atom. The molecule has 0 saturated carbocycles. The van der Waals surface area contributed by atoms with E-state index in [1.807, 2.05) is 18.2 Å². The lowest BCUT2D eigenvalue weighted by Gasteiger charge is -2.17. The molecule has 1 N–H and O–H groups in total. The van der Waals surface area contributed by atoms with Gasteiger partial charge in [-0.15, -0.1) is 0 Å². The summed E-state index contributed by atoms with van der Waals surface area (Å²) in [4.78, 5) is 12.7. The van der Waals surface area contributed by atoms with Crippen molar-refractivity contribution >= 4 is 16.5 Å². The third kappa shape index (κ3) is 2.70. The third-order valence-corrected chi connectivity index (χ3v) is 4.01. The number of hydrogen-bond donors (Lipinski definition) is 1. The number of rotatable bonds is 3. The van der Waals surface area contributed by atoms with Crippen LogP contribution in [-0.2, 0) is 11.3 Å². The number of allylic oxidation sites excluding steroid dienone is 2. The molecule has 1 aromatic carbocycles. The molecule has 0 bridgehead atoms. The molecule has 23 heavy (non-hydrogen) atoms. The van der Waals surface area contributed by atoms with Gasteiger partial charge in [-0.3, -0.25) is 9.36 Å². The summed E-state index contributed by atoms with van der Waals surface area (Å²) >= 11 is 0. The zero-order valence-electron chi connectivity index (χ0n) is 12.7. The van der Waals surface area contributed by atoms with Crippen molar-refractivity contribution in [3.05, 3.63) is 64.1 Å². The molecule has 3 rings (SSSR count). The molecule has 1 atom stereocenters. The van der Waals surface area contributed by atoms with Crippen molar-refractivity contribution in [3.8, 4) is 6.07 Å². The number of aliphatic hydroxyl groups is 1. The SMILES string of the molecule is COC1C=CC(n2cc(C#N)c3cc(CO)ccc3c2=O)=CC1. The van der Waals surface area contributed by atoms with Crippen LogP contribution in [0.5, 0.6) is 0 Å². The summed E-state index contributed by atoms with van der Waals surface area (Å²) in [6, 6.07) is 7.17. The van der Waals surface area contributed by atoms with Crippen LogP contribution >= 0.6 is 0 Å². The first-order valence-electron chi connectivity index (χ1n) is 7.28. The maximum absolute atomic E-state index is 12.7. The highest BCUT2D eigenvalue weighted by Crippen LogP contribution is 2.21. The number of methoxy groups -OCH3 is 1. The van der Waals surface area contributed by atoms with Gasteiger partial charge < -0.3 is 9.84 Å². The number of hydrogen-bond acceptors (Lipinski definition) is 4. The van der Waals surface area contributed by atoms with Gasteiger partial charge in [-0.2, -0.15) is 5.26 Å². The van der Waals surface area contributed by atoms with Crippen LogP contribution in [0, 0.1) is 11.3 Å². The second kappa shape index (κ2) is 6.21. The molecule has 0 amide bonds. The van der Waals surface area contributed by atoms with E-state index in [1.165, 1.54) is 4.57 Å². The van der Waals surface area contributed by atoms with E-state index in [0.29, 0.717) is 28.3 Å². The van der Waals surface area contributed by atoms with Gasteiger partial charge in [0.25, 0.3) is 5.56 Å². The Hall–Kier alpha value is -2.68. The summed E-state index contributed by atoms with van der Waals surface area (Å²) in [5.41, 5.74) is 1.62. The average molecular weight is 308 g/mol. The standard InChI is InChI=1S/C18H16N2O3/c1-23-15-5-3-14(4-6-15)20-10-13(9-19)17-8-12(11-21)2-7-16(17)18(20)22/h2-5,7-8,10,15,21H,6,11H2,1H3. The molecule has 5 heteroatoms. The minimum atomic E-state index is -0.185. The predicted molar refractivity (Wildman–Crippen MR) is 87.7 cm³/mol. The highest BCUT2D eigenvalue weighted by Gasteiger charge is 2.14. The fraction of sp³-hybridized carbons (Fsp3) is 0.222. The van der Waals surface area contributed by atoms with Crippen molar-refractivity contribution in [1.82, 2.24) is 4.57 Å². The van der Waals surface area contributed by atoms with Gasteiger partial charge >= 0.3 is 0 Å². The van der Waals surface area contributed by atoms with Gasteiger partial charge in [0.2, 0.25) is 0 Å². The van der Waals surface area contributed by atoms with Crippen molar-refractivity contribution in [2.75, 3.05) is 7.11 Å². The number of nitriles is 1. The molecular weight excluding hydrogens is 292 g/mol. The third-order valence-electron chi connectivity index (χ3n) is 4.01. The predicted octanol–water partition coefficient (Wildman–Crippen LogP) is 2.18. The first-order valence-corrected chi connectivity index (χ1v) is 7.28. The normalized spacial score (nSPS) is 17.1. The van der Waals surface area contributed by atoms with E-state index in [9.17, 15) is 15.2 Å². The van der Waals surface area contributed by atoms with Gasteiger partial charge in [0, 0.05) is 29.8 Å². The molecule has 1 aliphatic carbocycles. The van der Waals surface area contributed by atoms with Gasteiger partial charge in [0.05, 0.1) is 18.3 Å². The van der Waals surface area contributed by atoms with Crippen LogP contribution in [0.4, 0.5) is 0 Å². The van der Waals surface area contributed by atoms with Gasteiger partial charge in [0.15, 0.2) is 0 Å². The lowest BCUT2D eigenvalue weighted by Crippen LogP contribution is -2.21. The molecule has 2 aromatic rings. The molecular formula is C18H16N2O3. The topological polar surface area (TPSA) is 75.2 Å². The molecule has 1 heterocycles. The molecule has 0 fully saturated rings. The Labute approximate surface area is 133 Å². The Balaban J connectivity index is 2.19. The van der Waals surface area contributed by atoms with Crippen molar-refractivity contribution in [1.29, 1.82) is 5.26 Å². The lowest BCUT2D eigenvalue weighted by molar-refractivity contribution is 0.143. The molecule has 1 unspecified atom stereocenters. The molecule has 0 spiro atoms. The molecule has 116 valence electrons. The van der Waals surface area contributed by atoms with Crippen LogP contribution in [-0.4, -0.2) is 22.9 Å². The van der Waals surface area contributed by atoms with Gasteiger partial charge in [-0.1, -0.05) is 18.2 Å². The minimum absolute atomic E-state index is 0.0115. The summed E-state index contributed by atoms with van der Waals surface area (Å²) in [5.74, 6) is 0. The second-order valence-corrected chi connectivity index (χ2v) is 5.37. The maximum Gasteiger partial charge on any atom is 0.263 e. The maximum atomic E-state index is 12.7. The lowest BCUT2D eigenvalue weighted by atomic mass is 10.0. The molecule has 0 saturated heterocycles. The van der Waals surface area contributed by atoms with Gasteiger partial charge in [-0.25, -0.2) is 0 Å². The minimum Gasteiger partial charge on any atom is -0.392 e. The van der Waals surface area contributed by atoms with Crippen molar-refractivity contribution in [3.63, 3.8) is 0 Å². The van der Waals surface area contributed by atoms with Gasteiger partial charge in [0.1, 0.15) is 6.07 Å².